The monoisotopic (exact) mass is 518 g/mol. The van der Waals surface area contributed by atoms with E-state index in [1.54, 1.807) is 26.4 Å². The van der Waals surface area contributed by atoms with Crippen molar-refractivity contribution in [1.82, 2.24) is 10.2 Å². The zero-order valence-electron chi connectivity index (χ0n) is 22.9. The first kappa shape index (κ1) is 29.6. The lowest BCUT2D eigenvalue weighted by molar-refractivity contribution is -0.136. The van der Waals surface area contributed by atoms with E-state index in [-0.39, 0.29) is 18.0 Å². The summed E-state index contributed by atoms with van der Waals surface area (Å²) >= 11 is 0. The molecular formula is C28H42N2O5S. The van der Waals surface area contributed by atoms with Gasteiger partial charge in [0.25, 0.3) is 0 Å². The smallest absolute Gasteiger partial charge is 0.240 e. The molecule has 3 rings (SSSR count). The molecule has 0 fully saturated rings. The van der Waals surface area contributed by atoms with Crippen LogP contribution in [0.2, 0.25) is 0 Å². The van der Waals surface area contributed by atoms with Gasteiger partial charge in [0, 0.05) is 24.4 Å². The lowest BCUT2D eigenvalue weighted by Gasteiger charge is -2.38. The summed E-state index contributed by atoms with van der Waals surface area (Å²) in [6.45, 7) is 9.06. The summed E-state index contributed by atoms with van der Waals surface area (Å²) in [4.78, 5) is 15.2. The van der Waals surface area contributed by atoms with Crippen molar-refractivity contribution in [3.8, 4) is 11.5 Å². The molecule has 0 saturated heterocycles. The molecular weight excluding hydrogens is 476 g/mol. The number of hydrogen-bond donors (Lipinski definition) is 1. The van der Waals surface area contributed by atoms with Crippen molar-refractivity contribution in [3.05, 3.63) is 53.1 Å². The van der Waals surface area contributed by atoms with Gasteiger partial charge in [-0.3, -0.25) is 4.79 Å². The number of nitrogens with zero attached hydrogens (tertiary/aromatic N) is 1. The van der Waals surface area contributed by atoms with Crippen LogP contribution in [0.1, 0.15) is 69.2 Å². The molecule has 2 aromatic rings. The van der Waals surface area contributed by atoms with E-state index in [2.05, 4.69) is 39.1 Å². The molecule has 7 nitrogen and oxygen atoms in total. The number of hydrogen-bond acceptors (Lipinski definition) is 6. The average Bonchev–Trinajstić information content (AvgIpc) is 2.86. The number of methoxy groups -OCH3 is 2. The Hall–Kier alpha value is -2.58. The zero-order chi connectivity index (χ0) is 27.0. The summed E-state index contributed by atoms with van der Waals surface area (Å²) in [5.41, 5.74) is 3.46. The number of carbonyl (C=O) groups is 1. The van der Waals surface area contributed by atoms with Crippen molar-refractivity contribution >= 4 is 15.7 Å². The highest BCUT2D eigenvalue weighted by molar-refractivity contribution is 7.90. The van der Waals surface area contributed by atoms with Crippen LogP contribution in [-0.4, -0.2) is 59.3 Å². The molecule has 0 radical (unpaired) electrons. The van der Waals surface area contributed by atoms with Crippen molar-refractivity contribution in [2.75, 3.05) is 34.1 Å². The fraction of sp³-hybridized carbons (Fsp3) is 0.536. The van der Waals surface area contributed by atoms with Gasteiger partial charge >= 0.3 is 0 Å². The number of benzene rings is 2. The maximum Gasteiger partial charge on any atom is 0.240 e. The van der Waals surface area contributed by atoms with Gasteiger partial charge in [-0.05, 0) is 62.1 Å². The van der Waals surface area contributed by atoms with Gasteiger partial charge in [-0.15, -0.1) is 0 Å². The lowest BCUT2D eigenvalue weighted by Crippen LogP contribution is -2.48. The van der Waals surface area contributed by atoms with E-state index in [1.165, 1.54) is 11.8 Å². The van der Waals surface area contributed by atoms with Crippen molar-refractivity contribution in [2.45, 2.75) is 69.9 Å². The van der Waals surface area contributed by atoms with E-state index in [9.17, 15) is 13.2 Å². The number of amides is 1. The number of rotatable bonds is 8. The van der Waals surface area contributed by atoms with Gasteiger partial charge in [0.1, 0.15) is 11.5 Å². The van der Waals surface area contributed by atoms with E-state index in [0.29, 0.717) is 10.8 Å². The Bertz CT molecular complexity index is 1100. The topological polar surface area (TPSA) is 84.9 Å². The third kappa shape index (κ3) is 7.23. The number of ether oxygens (including phenoxy) is 2. The molecule has 1 amide bonds. The third-order valence-electron chi connectivity index (χ3n) is 6.65. The first-order valence-electron chi connectivity index (χ1n) is 12.5. The van der Waals surface area contributed by atoms with E-state index >= 15 is 0 Å². The quantitative estimate of drug-likeness (QED) is 0.543. The Kier molecular flexibility index (Phi) is 10.8. The fourth-order valence-electron chi connectivity index (χ4n) is 4.50. The molecule has 1 N–H and O–H groups in total. The summed E-state index contributed by atoms with van der Waals surface area (Å²) in [7, 11) is 2.13. The fourth-order valence-corrected chi connectivity index (χ4v) is 5.13. The number of fused-ring (bicyclic) bond motifs is 1. The Balaban J connectivity index is 0.000000297. The molecule has 1 aliphatic rings. The van der Waals surface area contributed by atoms with Crippen molar-refractivity contribution in [2.24, 2.45) is 0 Å². The van der Waals surface area contributed by atoms with Crippen LogP contribution in [0.3, 0.4) is 0 Å². The zero-order valence-corrected chi connectivity index (χ0v) is 23.7. The molecule has 1 heterocycles. The van der Waals surface area contributed by atoms with E-state index in [0.717, 1.165) is 48.4 Å². The lowest BCUT2D eigenvalue weighted by atomic mass is 9.91. The van der Waals surface area contributed by atoms with Gasteiger partial charge in [0.2, 0.25) is 5.91 Å². The maximum atomic E-state index is 12.9. The van der Waals surface area contributed by atoms with Gasteiger partial charge < -0.3 is 19.7 Å². The summed E-state index contributed by atoms with van der Waals surface area (Å²) in [5, 5.41) is 3.15. The Morgan fingerprint density at radius 2 is 1.78 bits per heavy atom. The van der Waals surface area contributed by atoms with Crippen LogP contribution in [0.5, 0.6) is 11.5 Å². The van der Waals surface area contributed by atoms with Crippen LogP contribution in [-0.2, 0) is 21.1 Å². The molecule has 2 unspecified atom stereocenters. The standard InChI is InChI=1S/C18H28N2O3.C10H14O2S/c1-6-7-15(19-3)18(21)20-9-8-13-10-14(22-4)11-16(23-5)17(13)12(20)2;1-8(2)9-4-6-10(7-5-9)13(3,11)12/h10-12,15,19H,6-9H2,1-5H3;4-8H,1-3H3. The third-order valence-corrected chi connectivity index (χ3v) is 7.77. The first-order valence-corrected chi connectivity index (χ1v) is 14.4. The molecule has 0 saturated carbocycles. The predicted octanol–water partition coefficient (Wildman–Crippen LogP) is 4.75. The minimum absolute atomic E-state index is 0.000174. The van der Waals surface area contributed by atoms with Crippen LogP contribution >= 0.6 is 0 Å². The second-order valence-electron chi connectivity index (χ2n) is 9.49. The highest BCUT2D eigenvalue weighted by Gasteiger charge is 2.33. The molecule has 36 heavy (non-hydrogen) atoms. The molecule has 8 heteroatoms. The highest BCUT2D eigenvalue weighted by atomic mass is 32.2. The van der Waals surface area contributed by atoms with Gasteiger partial charge in [0.05, 0.1) is 31.2 Å². The molecule has 1 aliphatic heterocycles. The molecule has 0 bridgehead atoms. The van der Waals surface area contributed by atoms with Crippen LogP contribution in [0.15, 0.2) is 41.3 Å². The molecule has 0 aliphatic carbocycles. The highest BCUT2D eigenvalue weighted by Crippen LogP contribution is 2.39. The summed E-state index contributed by atoms with van der Waals surface area (Å²) < 4.78 is 33.1. The summed E-state index contributed by atoms with van der Waals surface area (Å²) in [6, 6.07) is 10.9. The van der Waals surface area contributed by atoms with Gasteiger partial charge in [-0.25, -0.2) is 8.42 Å². The molecule has 200 valence electrons. The van der Waals surface area contributed by atoms with Crippen molar-refractivity contribution in [1.29, 1.82) is 0 Å². The summed E-state index contributed by atoms with van der Waals surface area (Å²) in [6.07, 6.45) is 3.88. The molecule has 0 aromatic heterocycles. The molecule has 0 spiro atoms. The SMILES string of the molecule is CC(C)c1ccc(S(C)(=O)=O)cc1.CCCC(NC)C(=O)N1CCc2cc(OC)cc(OC)c2C1C. The van der Waals surface area contributed by atoms with Gasteiger partial charge in [-0.1, -0.05) is 39.3 Å². The van der Waals surface area contributed by atoms with Crippen molar-refractivity contribution in [3.63, 3.8) is 0 Å². The largest absolute Gasteiger partial charge is 0.497 e. The first-order chi connectivity index (χ1) is 17.0. The Morgan fingerprint density at radius 3 is 2.25 bits per heavy atom. The number of carbonyl (C=O) groups excluding carboxylic acids is 1. The van der Waals surface area contributed by atoms with E-state index in [4.69, 9.17) is 9.47 Å². The van der Waals surface area contributed by atoms with E-state index in [1.807, 2.05) is 30.1 Å². The second kappa shape index (κ2) is 13.1. The van der Waals surface area contributed by atoms with Crippen LogP contribution in [0.4, 0.5) is 0 Å². The number of nitrogens with one attached hydrogen (secondary N) is 1. The number of sulfone groups is 1. The van der Waals surface area contributed by atoms with Gasteiger partial charge in [0.15, 0.2) is 9.84 Å². The minimum Gasteiger partial charge on any atom is -0.497 e. The Labute approximate surface area is 217 Å². The Morgan fingerprint density at radius 1 is 1.14 bits per heavy atom. The molecule has 2 aromatic carbocycles. The van der Waals surface area contributed by atoms with Crippen LogP contribution < -0.4 is 14.8 Å². The van der Waals surface area contributed by atoms with Crippen molar-refractivity contribution < 1.29 is 22.7 Å². The molecule has 2 atom stereocenters. The summed E-state index contributed by atoms with van der Waals surface area (Å²) in [5.74, 6) is 2.20. The maximum absolute atomic E-state index is 12.9. The second-order valence-corrected chi connectivity index (χ2v) is 11.5. The van der Waals surface area contributed by atoms with E-state index < -0.39 is 9.84 Å². The van der Waals surface area contributed by atoms with Gasteiger partial charge in [-0.2, -0.15) is 0 Å². The average molecular weight is 519 g/mol. The van der Waals surface area contributed by atoms with Crippen LogP contribution in [0.25, 0.3) is 0 Å². The number of likely N-dealkylation sites (N-methyl/N-ethyl adjacent to an activating group) is 1. The minimum atomic E-state index is -3.05. The van der Waals surface area contributed by atoms with Crippen LogP contribution in [0, 0.1) is 0 Å². The predicted molar refractivity (Wildman–Crippen MR) is 145 cm³/mol. The normalized spacial score (nSPS) is 16.0.